The summed E-state index contributed by atoms with van der Waals surface area (Å²) >= 11 is 1.49. The molecule has 1 aliphatic carbocycles. The van der Waals surface area contributed by atoms with Crippen molar-refractivity contribution in [3.63, 3.8) is 0 Å². The highest BCUT2D eigenvalue weighted by Gasteiger charge is 2.41. The standard InChI is InChI=1S/C14H24N2O2S2/c1-4-14(6-7-14)10-16-20(17,18)13-5-8-19-12(13)9-15-11(2)3/h5,8,11,15-16H,4,6-7,9-10H2,1-3H3. The van der Waals surface area contributed by atoms with Gasteiger partial charge in [0, 0.05) is 24.0 Å². The molecule has 20 heavy (non-hydrogen) atoms. The van der Waals surface area contributed by atoms with Gasteiger partial charge in [-0.1, -0.05) is 20.8 Å². The molecule has 1 aromatic rings. The van der Waals surface area contributed by atoms with Crippen LogP contribution >= 0.6 is 11.3 Å². The maximum atomic E-state index is 12.4. The summed E-state index contributed by atoms with van der Waals surface area (Å²) < 4.78 is 27.6. The van der Waals surface area contributed by atoms with Crippen LogP contribution in [-0.4, -0.2) is 21.0 Å². The molecule has 0 aromatic carbocycles. The predicted octanol–water partition coefficient (Wildman–Crippen LogP) is 2.71. The fourth-order valence-electron chi connectivity index (χ4n) is 2.15. The van der Waals surface area contributed by atoms with Crippen molar-refractivity contribution >= 4 is 21.4 Å². The molecule has 0 aliphatic heterocycles. The molecule has 1 fully saturated rings. The first-order valence-corrected chi connectivity index (χ1v) is 9.54. The summed E-state index contributed by atoms with van der Waals surface area (Å²) in [6, 6.07) is 2.05. The molecule has 6 heteroatoms. The lowest BCUT2D eigenvalue weighted by atomic mass is 10.1. The SMILES string of the molecule is CCC1(CNS(=O)(=O)c2ccsc2CNC(C)C)CC1. The Labute approximate surface area is 126 Å². The zero-order chi connectivity index (χ0) is 14.8. The minimum atomic E-state index is -3.38. The van der Waals surface area contributed by atoms with Crippen LogP contribution in [0.3, 0.4) is 0 Å². The van der Waals surface area contributed by atoms with Crippen LogP contribution in [0.2, 0.25) is 0 Å². The number of nitrogens with one attached hydrogen (secondary N) is 2. The minimum absolute atomic E-state index is 0.222. The maximum Gasteiger partial charge on any atom is 0.241 e. The fraction of sp³-hybridized carbons (Fsp3) is 0.714. The smallest absolute Gasteiger partial charge is 0.241 e. The summed E-state index contributed by atoms with van der Waals surface area (Å²) in [5, 5.41) is 5.12. The Morgan fingerprint density at radius 1 is 1.40 bits per heavy atom. The van der Waals surface area contributed by atoms with Crippen molar-refractivity contribution in [2.45, 2.75) is 57.5 Å². The normalized spacial score (nSPS) is 17.6. The highest BCUT2D eigenvalue weighted by atomic mass is 32.2. The number of hydrogen-bond acceptors (Lipinski definition) is 4. The van der Waals surface area contributed by atoms with Crippen LogP contribution in [-0.2, 0) is 16.6 Å². The van der Waals surface area contributed by atoms with Gasteiger partial charge in [-0.05, 0) is 36.1 Å². The average molecular weight is 316 g/mol. The minimum Gasteiger partial charge on any atom is -0.310 e. The zero-order valence-corrected chi connectivity index (χ0v) is 14.0. The molecule has 0 saturated heterocycles. The van der Waals surface area contributed by atoms with E-state index in [1.54, 1.807) is 6.07 Å². The van der Waals surface area contributed by atoms with E-state index in [1.165, 1.54) is 11.3 Å². The first-order chi connectivity index (χ1) is 9.38. The van der Waals surface area contributed by atoms with Gasteiger partial charge < -0.3 is 5.32 Å². The summed E-state index contributed by atoms with van der Waals surface area (Å²) in [4.78, 5) is 1.31. The molecule has 0 bridgehead atoms. The van der Waals surface area contributed by atoms with Crippen molar-refractivity contribution in [2.24, 2.45) is 5.41 Å². The van der Waals surface area contributed by atoms with Gasteiger partial charge in [0.25, 0.3) is 0 Å². The summed E-state index contributed by atoms with van der Waals surface area (Å²) in [6.07, 6.45) is 3.32. The Kier molecular flexibility index (Phi) is 4.89. The molecule has 0 radical (unpaired) electrons. The molecule has 2 N–H and O–H groups in total. The van der Waals surface area contributed by atoms with E-state index >= 15 is 0 Å². The van der Waals surface area contributed by atoms with Gasteiger partial charge in [0.1, 0.15) is 0 Å². The highest BCUT2D eigenvalue weighted by molar-refractivity contribution is 7.89. The van der Waals surface area contributed by atoms with Crippen molar-refractivity contribution in [1.82, 2.24) is 10.0 Å². The molecule has 0 unspecified atom stereocenters. The number of thiophene rings is 1. The van der Waals surface area contributed by atoms with Gasteiger partial charge in [0.05, 0.1) is 4.90 Å². The Balaban J connectivity index is 2.03. The maximum absolute atomic E-state index is 12.4. The van der Waals surface area contributed by atoms with Gasteiger partial charge in [0.15, 0.2) is 0 Å². The molecule has 1 aromatic heterocycles. The summed E-state index contributed by atoms with van der Waals surface area (Å²) in [6.45, 7) is 7.41. The second kappa shape index (κ2) is 6.13. The number of hydrogen-bond donors (Lipinski definition) is 2. The van der Waals surface area contributed by atoms with Crippen molar-refractivity contribution in [3.8, 4) is 0 Å². The Morgan fingerprint density at radius 2 is 2.10 bits per heavy atom. The van der Waals surface area contributed by atoms with Crippen LogP contribution < -0.4 is 10.0 Å². The lowest BCUT2D eigenvalue weighted by Crippen LogP contribution is -2.31. The third-order valence-electron chi connectivity index (χ3n) is 4.01. The zero-order valence-electron chi connectivity index (χ0n) is 12.4. The van der Waals surface area contributed by atoms with Gasteiger partial charge in [0.2, 0.25) is 10.0 Å². The van der Waals surface area contributed by atoms with Crippen molar-refractivity contribution in [2.75, 3.05) is 6.54 Å². The van der Waals surface area contributed by atoms with Gasteiger partial charge in [-0.2, -0.15) is 0 Å². The lowest BCUT2D eigenvalue weighted by molar-refractivity contribution is 0.475. The van der Waals surface area contributed by atoms with Crippen molar-refractivity contribution in [3.05, 3.63) is 16.3 Å². The van der Waals surface area contributed by atoms with Crippen LogP contribution in [0.5, 0.6) is 0 Å². The summed E-state index contributed by atoms with van der Waals surface area (Å²) in [5.74, 6) is 0. The monoisotopic (exact) mass is 316 g/mol. The molecule has 114 valence electrons. The molecular formula is C14H24N2O2S2. The van der Waals surface area contributed by atoms with Crippen LogP contribution in [0.1, 0.15) is 44.9 Å². The molecule has 1 saturated carbocycles. The van der Waals surface area contributed by atoms with E-state index in [0.29, 0.717) is 24.0 Å². The van der Waals surface area contributed by atoms with E-state index in [-0.39, 0.29) is 5.41 Å². The third kappa shape index (κ3) is 3.81. The Hall–Kier alpha value is -0.430. The summed E-state index contributed by atoms with van der Waals surface area (Å²) in [5.41, 5.74) is 0.222. The first kappa shape index (κ1) is 15.9. The van der Waals surface area contributed by atoms with E-state index in [0.717, 1.165) is 24.1 Å². The second-order valence-corrected chi connectivity index (χ2v) is 8.66. The second-order valence-electron chi connectivity index (χ2n) is 5.92. The van der Waals surface area contributed by atoms with Crippen molar-refractivity contribution < 1.29 is 8.42 Å². The van der Waals surface area contributed by atoms with E-state index in [2.05, 4.69) is 30.8 Å². The Bertz CT molecular complexity index is 545. The lowest BCUT2D eigenvalue weighted by Gasteiger charge is -2.14. The third-order valence-corrected chi connectivity index (χ3v) is 6.55. The topological polar surface area (TPSA) is 58.2 Å². The molecule has 1 aliphatic rings. The van der Waals surface area contributed by atoms with E-state index in [9.17, 15) is 8.42 Å². The fourth-order valence-corrected chi connectivity index (χ4v) is 4.70. The molecule has 0 atom stereocenters. The first-order valence-electron chi connectivity index (χ1n) is 7.18. The summed E-state index contributed by atoms with van der Waals surface area (Å²) in [7, 11) is -3.38. The van der Waals surface area contributed by atoms with Gasteiger partial charge >= 0.3 is 0 Å². The van der Waals surface area contributed by atoms with Crippen LogP contribution in [0.4, 0.5) is 0 Å². The van der Waals surface area contributed by atoms with Crippen LogP contribution in [0.25, 0.3) is 0 Å². The van der Waals surface area contributed by atoms with Gasteiger partial charge in [-0.15, -0.1) is 11.3 Å². The molecule has 2 rings (SSSR count). The van der Waals surface area contributed by atoms with Gasteiger partial charge in [-0.3, -0.25) is 0 Å². The molecule has 1 heterocycles. The van der Waals surface area contributed by atoms with Crippen LogP contribution in [0.15, 0.2) is 16.3 Å². The van der Waals surface area contributed by atoms with E-state index in [1.807, 2.05) is 5.38 Å². The predicted molar refractivity (Wildman–Crippen MR) is 83.4 cm³/mol. The largest absolute Gasteiger partial charge is 0.310 e. The molecule has 0 spiro atoms. The van der Waals surface area contributed by atoms with E-state index in [4.69, 9.17) is 0 Å². The van der Waals surface area contributed by atoms with Crippen LogP contribution in [0, 0.1) is 5.41 Å². The van der Waals surface area contributed by atoms with Gasteiger partial charge in [-0.25, -0.2) is 13.1 Å². The Morgan fingerprint density at radius 3 is 2.65 bits per heavy atom. The number of rotatable bonds is 8. The molecular weight excluding hydrogens is 292 g/mol. The number of sulfonamides is 1. The average Bonchev–Trinajstić information content (AvgIpc) is 3.02. The van der Waals surface area contributed by atoms with E-state index < -0.39 is 10.0 Å². The highest BCUT2D eigenvalue weighted by Crippen LogP contribution is 2.48. The van der Waals surface area contributed by atoms with Crippen molar-refractivity contribution in [1.29, 1.82) is 0 Å². The quantitative estimate of drug-likeness (QED) is 0.775. The molecule has 0 amide bonds. The molecule has 4 nitrogen and oxygen atoms in total.